The van der Waals surface area contributed by atoms with Crippen LogP contribution in [0.4, 0.5) is 5.69 Å². The number of benzene rings is 2. The van der Waals surface area contributed by atoms with Gasteiger partial charge in [-0.05, 0) is 68.3 Å². The molecule has 3 rings (SSSR count). The summed E-state index contributed by atoms with van der Waals surface area (Å²) in [6.45, 7) is 2.75. The van der Waals surface area contributed by atoms with E-state index in [1.54, 1.807) is 43.3 Å². The Labute approximate surface area is 170 Å². The van der Waals surface area contributed by atoms with Crippen LogP contribution < -0.4 is 10.1 Å². The number of nitrogens with zero attached hydrogens (tertiary/aromatic N) is 1. The summed E-state index contributed by atoms with van der Waals surface area (Å²) < 4.78 is 32.4. The summed E-state index contributed by atoms with van der Waals surface area (Å²) in [4.78, 5) is 12.6. The highest BCUT2D eigenvalue weighted by atomic mass is 35.5. The average Bonchev–Trinajstić information content (AvgIpc) is 2.70. The Morgan fingerprint density at radius 3 is 2.25 bits per heavy atom. The number of halogens is 1. The lowest BCUT2D eigenvalue weighted by Gasteiger charge is -2.25. The van der Waals surface area contributed by atoms with Gasteiger partial charge in [-0.2, -0.15) is 4.31 Å². The van der Waals surface area contributed by atoms with Gasteiger partial charge in [-0.25, -0.2) is 8.42 Å². The van der Waals surface area contributed by atoms with Gasteiger partial charge in [0, 0.05) is 23.8 Å². The van der Waals surface area contributed by atoms with Crippen molar-refractivity contribution < 1.29 is 17.9 Å². The quantitative estimate of drug-likeness (QED) is 0.765. The monoisotopic (exact) mass is 422 g/mol. The number of piperidine rings is 1. The number of amides is 1. The Balaban J connectivity index is 1.61. The zero-order chi connectivity index (χ0) is 20.1. The van der Waals surface area contributed by atoms with Crippen molar-refractivity contribution in [2.75, 3.05) is 18.4 Å². The molecule has 0 aliphatic carbocycles. The smallest absolute Gasteiger partial charge is 0.265 e. The van der Waals surface area contributed by atoms with Crippen LogP contribution in [0, 0.1) is 0 Å². The molecule has 1 aliphatic heterocycles. The van der Waals surface area contributed by atoms with Crippen LogP contribution in [0.2, 0.25) is 5.02 Å². The van der Waals surface area contributed by atoms with Gasteiger partial charge in [-0.1, -0.05) is 18.0 Å². The Morgan fingerprint density at radius 1 is 1.04 bits per heavy atom. The lowest BCUT2D eigenvalue weighted by atomic mass is 10.2. The van der Waals surface area contributed by atoms with E-state index in [4.69, 9.17) is 16.3 Å². The number of anilines is 1. The maximum Gasteiger partial charge on any atom is 0.265 e. The second-order valence-corrected chi connectivity index (χ2v) is 9.07. The third kappa shape index (κ3) is 5.04. The molecule has 0 aromatic heterocycles. The van der Waals surface area contributed by atoms with Crippen molar-refractivity contribution in [3.05, 3.63) is 53.6 Å². The van der Waals surface area contributed by atoms with E-state index in [0.717, 1.165) is 19.3 Å². The normalized spacial score (nSPS) is 16.4. The van der Waals surface area contributed by atoms with Gasteiger partial charge in [0.2, 0.25) is 10.0 Å². The molecule has 2 aromatic carbocycles. The molecule has 1 amide bonds. The van der Waals surface area contributed by atoms with Crippen molar-refractivity contribution in [2.45, 2.75) is 37.2 Å². The fourth-order valence-electron chi connectivity index (χ4n) is 2.98. The van der Waals surface area contributed by atoms with Gasteiger partial charge in [-0.3, -0.25) is 4.79 Å². The number of rotatable bonds is 6. The van der Waals surface area contributed by atoms with Gasteiger partial charge in [0.05, 0.1) is 4.90 Å². The van der Waals surface area contributed by atoms with Crippen molar-refractivity contribution in [1.82, 2.24) is 4.31 Å². The van der Waals surface area contributed by atoms with Crippen molar-refractivity contribution in [2.24, 2.45) is 0 Å². The van der Waals surface area contributed by atoms with E-state index in [1.165, 1.54) is 16.4 Å². The van der Waals surface area contributed by atoms with Crippen LogP contribution in [0.5, 0.6) is 5.75 Å². The summed E-state index contributed by atoms with van der Waals surface area (Å²) in [6.07, 6.45) is 2.11. The molecule has 1 aliphatic rings. The topological polar surface area (TPSA) is 75.7 Å². The molecule has 1 saturated heterocycles. The lowest BCUT2D eigenvalue weighted by molar-refractivity contribution is -0.122. The van der Waals surface area contributed by atoms with Gasteiger partial charge >= 0.3 is 0 Å². The van der Waals surface area contributed by atoms with Crippen LogP contribution in [0.15, 0.2) is 53.4 Å². The van der Waals surface area contributed by atoms with Gasteiger partial charge in [0.15, 0.2) is 6.10 Å². The first-order chi connectivity index (χ1) is 13.4. The SMILES string of the molecule is C[C@@H](Oc1ccc(Cl)cc1)C(=O)Nc1ccc(S(=O)(=O)N2CCCCC2)cc1. The largest absolute Gasteiger partial charge is 0.481 e. The summed E-state index contributed by atoms with van der Waals surface area (Å²) in [5.74, 6) is 0.205. The zero-order valence-corrected chi connectivity index (χ0v) is 17.2. The van der Waals surface area contributed by atoms with Crippen LogP contribution in [0.25, 0.3) is 0 Å². The molecule has 1 heterocycles. The Kier molecular flexibility index (Phi) is 6.59. The maximum absolute atomic E-state index is 12.7. The number of sulfonamides is 1. The predicted octanol–water partition coefficient (Wildman–Crippen LogP) is 3.92. The maximum atomic E-state index is 12.7. The molecule has 8 heteroatoms. The van der Waals surface area contributed by atoms with E-state index in [9.17, 15) is 13.2 Å². The van der Waals surface area contributed by atoms with Crippen LogP contribution in [-0.2, 0) is 14.8 Å². The molecule has 2 aromatic rings. The number of carbonyl (C=O) groups excluding carboxylic acids is 1. The minimum atomic E-state index is -3.48. The van der Waals surface area contributed by atoms with Crippen molar-refractivity contribution in [3.63, 3.8) is 0 Å². The van der Waals surface area contributed by atoms with E-state index in [2.05, 4.69) is 5.32 Å². The molecule has 0 radical (unpaired) electrons. The highest BCUT2D eigenvalue weighted by molar-refractivity contribution is 7.89. The Bertz CT molecular complexity index is 908. The second-order valence-electron chi connectivity index (χ2n) is 6.69. The van der Waals surface area contributed by atoms with Crippen LogP contribution >= 0.6 is 11.6 Å². The standard InChI is InChI=1S/C20H23ClN2O4S/c1-15(27-18-9-5-16(21)6-10-18)20(24)22-17-7-11-19(12-8-17)28(25,26)23-13-3-2-4-14-23/h5-12,15H,2-4,13-14H2,1H3,(H,22,24)/t15-/m1/s1. The first-order valence-electron chi connectivity index (χ1n) is 9.19. The Morgan fingerprint density at radius 2 is 1.64 bits per heavy atom. The number of carbonyl (C=O) groups is 1. The number of hydrogen-bond acceptors (Lipinski definition) is 4. The summed E-state index contributed by atoms with van der Waals surface area (Å²) in [7, 11) is -3.48. The fraction of sp³-hybridized carbons (Fsp3) is 0.350. The Hall–Kier alpha value is -2.09. The van der Waals surface area contributed by atoms with E-state index in [-0.39, 0.29) is 10.8 Å². The van der Waals surface area contributed by atoms with Gasteiger partial charge in [-0.15, -0.1) is 0 Å². The molecular formula is C20H23ClN2O4S. The first-order valence-corrected chi connectivity index (χ1v) is 11.0. The zero-order valence-electron chi connectivity index (χ0n) is 15.6. The summed E-state index contributed by atoms with van der Waals surface area (Å²) in [6, 6.07) is 13.0. The minimum absolute atomic E-state index is 0.234. The van der Waals surface area contributed by atoms with E-state index in [1.807, 2.05) is 0 Å². The van der Waals surface area contributed by atoms with Crippen LogP contribution in [0.1, 0.15) is 26.2 Å². The van der Waals surface area contributed by atoms with Crippen LogP contribution in [0.3, 0.4) is 0 Å². The molecule has 0 bridgehead atoms. The third-order valence-electron chi connectivity index (χ3n) is 4.57. The summed E-state index contributed by atoms with van der Waals surface area (Å²) >= 11 is 5.83. The van der Waals surface area contributed by atoms with E-state index < -0.39 is 16.1 Å². The van der Waals surface area contributed by atoms with E-state index in [0.29, 0.717) is 29.5 Å². The number of nitrogens with one attached hydrogen (secondary N) is 1. The molecule has 6 nitrogen and oxygen atoms in total. The summed E-state index contributed by atoms with van der Waals surface area (Å²) in [5.41, 5.74) is 0.508. The van der Waals surface area contributed by atoms with Gasteiger partial charge in [0.1, 0.15) is 5.75 Å². The lowest BCUT2D eigenvalue weighted by Crippen LogP contribution is -2.35. The molecule has 1 fully saturated rings. The molecule has 150 valence electrons. The van der Waals surface area contributed by atoms with Gasteiger partial charge < -0.3 is 10.1 Å². The number of ether oxygens (including phenoxy) is 1. The van der Waals surface area contributed by atoms with Crippen molar-refractivity contribution in [1.29, 1.82) is 0 Å². The first kappa shape index (κ1) is 20.6. The second kappa shape index (κ2) is 8.94. The average molecular weight is 423 g/mol. The molecule has 1 N–H and O–H groups in total. The molecule has 0 spiro atoms. The fourth-order valence-corrected chi connectivity index (χ4v) is 4.62. The molecular weight excluding hydrogens is 400 g/mol. The van der Waals surface area contributed by atoms with Crippen molar-refractivity contribution >= 4 is 33.2 Å². The molecule has 0 saturated carbocycles. The molecule has 28 heavy (non-hydrogen) atoms. The van der Waals surface area contributed by atoms with Gasteiger partial charge in [0.25, 0.3) is 5.91 Å². The van der Waals surface area contributed by atoms with Crippen LogP contribution in [-0.4, -0.2) is 37.8 Å². The molecule has 1 atom stereocenters. The highest BCUT2D eigenvalue weighted by Gasteiger charge is 2.25. The van der Waals surface area contributed by atoms with Crippen molar-refractivity contribution in [3.8, 4) is 5.75 Å². The van der Waals surface area contributed by atoms with E-state index >= 15 is 0 Å². The highest BCUT2D eigenvalue weighted by Crippen LogP contribution is 2.22. The number of hydrogen-bond donors (Lipinski definition) is 1. The third-order valence-corrected chi connectivity index (χ3v) is 6.74. The predicted molar refractivity (Wildman–Crippen MR) is 109 cm³/mol. The summed E-state index contributed by atoms with van der Waals surface area (Å²) in [5, 5.41) is 3.32. The minimum Gasteiger partial charge on any atom is -0.481 e. The molecule has 0 unspecified atom stereocenters.